The van der Waals surface area contributed by atoms with Gasteiger partial charge in [-0.05, 0) is 12.8 Å². The molecule has 6 nitrogen and oxygen atoms in total. The number of amides is 1. The SMILES string of the molecule is Nc1nnc(CCNC(=O)[C@@H]2CCCC[C@H]2C(F)(F)F)o1. The summed E-state index contributed by atoms with van der Waals surface area (Å²) in [4.78, 5) is 11.9. The van der Waals surface area contributed by atoms with Crippen LogP contribution in [0.1, 0.15) is 31.6 Å². The highest BCUT2D eigenvalue weighted by Gasteiger charge is 2.47. The Morgan fingerprint density at radius 2 is 2.05 bits per heavy atom. The van der Waals surface area contributed by atoms with E-state index < -0.39 is 23.9 Å². The van der Waals surface area contributed by atoms with Gasteiger partial charge in [0.05, 0.1) is 5.92 Å². The van der Waals surface area contributed by atoms with Crippen LogP contribution in [-0.2, 0) is 11.2 Å². The number of nitrogen functional groups attached to an aromatic ring is 1. The Balaban J connectivity index is 1.86. The number of carbonyl (C=O) groups is 1. The van der Waals surface area contributed by atoms with Crippen molar-refractivity contribution in [2.24, 2.45) is 11.8 Å². The van der Waals surface area contributed by atoms with Gasteiger partial charge in [-0.2, -0.15) is 13.2 Å². The lowest BCUT2D eigenvalue weighted by molar-refractivity contribution is -0.198. The Labute approximate surface area is 119 Å². The van der Waals surface area contributed by atoms with Gasteiger partial charge in [0, 0.05) is 18.9 Å². The van der Waals surface area contributed by atoms with E-state index in [2.05, 4.69) is 15.5 Å². The van der Waals surface area contributed by atoms with Crippen LogP contribution in [-0.4, -0.2) is 28.8 Å². The van der Waals surface area contributed by atoms with Crippen molar-refractivity contribution < 1.29 is 22.4 Å². The largest absolute Gasteiger partial charge is 0.408 e. The van der Waals surface area contributed by atoms with Crippen molar-refractivity contribution in [3.63, 3.8) is 0 Å². The third-order valence-corrected chi connectivity index (χ3v) is 3.64. The van der Waals surface area contributed by atoms with Gasteiger partial charge >= 0.3 is 12.2 Å². The fourth-order valence-electron chi connectivity index (χ4n) is 2.63. The normalized spacial score (nSPS) is 23.0. The van der Waals surface area contributed by atoms with E-state index in [0.717, 1.165) is 0 Å². The zero-order valence-electron chi connectivity index (χ0n) is 11.3. The summed E-state index contributed by atoms with van der Waals surface area (Å²) in [5.74, 6) is -2.88. The molecule has 0 bridgehead atoms. The minimum atomic E-state index is -4.33. The number of alkyl halides is 3. The molecule has 1 amide bonds. The van der Waals surface area contributed by atoms with Crippen molar-refractivity contribution in [3.05, 3.63) is 5.89 Å². The molecule has 1 aliphatic carbocycles. The number of hydrogen-bond acceptors (Lipinski definition) is 5. The second kappa shape index (κ2) is 6.31. The summed E-state index contributed by atoms with van der Waals surface area (Å²) in [5.41, 5.74) is 5.24. The van der Waals surface area contributed by atoms with Crippen molar-refractivity contribution in [2.75, 3.05) is 12.3 Å². The van der Waals surface area contributed by atoms with E-state index in [1.807, 2.05) is 0 Å². The first-order valence-corrected chi connectivity index (χ1v) is 6.80. The molecule has 21 heavy (non-hydrogen) atoms. The summed E-state index contributed by atoms with van der Waals surface area (Å²) >= 11 is 0. The van der Waals surface area contributed by atoms with E-state index in [9.17, 15) is 18.0 Å². The molecule has 1 saturated carbocycles. The van der Waals surface area contributed by atoms with E-state index in [-0.39, 0.29) is 37.7 Å². The lowest BCUT2D eigenvalue weighted by Gasteiger charge is -2.31. The quantitative estimate of drug-likeness (QED) is 0.882. The number of nitrogens with zero attached hydrogens (tertiary/aromatic N) is 2. The first-order valence-electron chi connectivity index (χ1n) is 6.80. The van der Waals surface area contributed by atoms with Gasteiger partial charge in [0.2, 0.25) is 11.8 Å². The van der Waals surface area contributed by atoms with Crippen LogP contribution in [0.4, 0.5) is 19.2 Å². The number of halogens is 3. The zero-order chi connectivity index (χ0) is 15.5. The van der Waals surface area contributed by atoms with Crippen LogP contribution in [0.5, 0.6) is 0 Å². The highest BCUT2D eigenvalue weighted by molar-refractivity contribution is 5.79. The van der Waals surface area contributed by atoms with E-state index in [4.69, 9.17) is 10.2 Å². The molecule has 9 heteroatoms. The topological polar surface area (TPSA) is 94.0 Å². The third kappa shape index (κ3) is 4.08. The molecule has 2 rings (SSSR count). The molecule has 0 aromatic carbocycles. The van der Waals surface area contributed by atoms with Gasteiger partial charge in [-0.15, -0.1) is 5.10 Å². The molecule has 118 valence electrons. The lowest BCUT2D eigenvalue weighted by Crippen LogP contribution is -2.43. The maximum atomic E-state index is 12.9. The molecule has 1 heterocycles. The number of anilines is 1. The number of nitrogens with two attached hydrogens (primary N) is 1. The summed E-state index contributed by atoms with van der Waals surface area (Å²) in [7, 11) is 0. The van der Waals surface area contributed by atoms with E-state index in [0.29, 0.717) is 12.8 Å². The number of hydrogen-bond donors (Lipinski definition) is 2. The van der Waals surface area contributed by atoms with Crippen molar-refractivity contribution in [1.82, 2.24) is 15.5 Å². The minimum Gasteiger partial charge on any atom is -0.408 e. The number of aromatic nitrogens is 2. The van der Waals surface area contributed by atoms with Crippen LogP contribution in [0.2, 0.25) is 0 Å². The van der Waals surface area contributed by atoms with Gasteiger partial charge in [-0.3, -0.25) is 4.79 Å². The third-order valence-electron chi connectivity index (χ3n) is 3.64. The fraction of sp³-hybridized carbons (Fsp3) is 0.750. The van der Waals surface area contributed by atoms with E-state index in [1.54, 1.807) is 0 Å². The molecule has 0 unspecified atom stereocenters. The molecule has 1 aromatic heterocycles. The second-order valence-electron chi connectivity index (χ2n) is 5.11. The Morgan fingerprint density at radius 1 is 1.33 bits per heavy atom. The van der Waals surface area contributed by atoms with E-state index in [1.165, 1.54) is 0 Å². The molecular weight excluding hydrogens is 289 g/mol. The summed E-state index contributed by atoms with van der Waals surface area (Å²) in [6, 6.07) is -0.0826. The highest BCUT2D eigenvalue weighted by Crippen LogP contribution is 2.41. The molecule has 0 radical (unpaired) electrons. The molecule has 3 N–H and O–H groups in total. The molecule has 0 saturated heterocycles. The van der Waals surface area contributed by atoms with Crippen LogP contribution in [0.3, 0.4) is 0 Å². The van der Waals surface area contributed by atoms with Crippen molar-refractivity contribution in [3.8, 4) is 0 Å². The molecule has 1 fully saturated rings. The molecule has 0 spiro atoms. The highest BCUT2D eigenvalue weighted by atomic mass is 19.4. The average Bonchev–Trinajstić information content (AvgIpc) is 2.83. The molecular formula is C12H17F3N4O2. The van der Waals surface area contributed by atoms with Crippen molar-refractivity contribution in [1.29, 1.82) is 0 Å². The summed E-state index contributed by atoms with van der Waals surface area (Å²) in [5, 5.41) is 9.56. The van der Waals surface area contributed by atoms with Gasteiger partial charge in [0.15, 0.2) is 0 Å². The van der Waals surface area contributed by atoms with Crippen LogP contribution in [0.25, 0.3) is 0 Å². The van der Waals surface area contributed by atoms with Gasteiger partial charge in [-0.25, -0.2) is 0 Å². The molecule has 2 atom stereocenters. The first kappa shape index (κ1) is 15.6. The van der Waals surface area contributed by atoms with Crippen LogP contribution < -0.4 is 11.1 Å². The summed E-state index contributed by atoms with van der Waals surface area (Å²) in [6.45, 7) is 0.140. The Kier molecular flexibility index (Phi) is 4.69. The number of rotatable bonds is 4. The lowest BCUT2D eigenvalue weighted by atomic mass is 9.78. The zero-order valence-corrected chi connectivity index (χ0v) is 11.3. The first-order chi connectivity index (χ1) is 9.88. The van der Waals surface area contributed by atoms with Crippen LogP contribution in [0, 0.1) is 11.8 Å². The Hall–Kier alpha value is -1.80. The van der Waals surface area contributed by atoms with Crippen molar-refractivity contribution in [2.45, 2.75) is 38.3 Å². The Morgan fingerprint density at radius 3 is 2.67 bits per heavy atom. The predicted octanol–water partition coefficient (Wildman–Crippen LogP) is 1.68. The maximum Gasteiger partial charge on any atom is 0.392 e. The summed E-state index contributed by atoms with van der Waals surface area (Å²) < 4.78 is 43.7. The average molecular weight is 306 g/mol. The van der Waals surface area contributed by atoms with Crippen LogP contribution >= 0.6 is 0 Å². The second-order valence-corrected chi connectivity index (χ2v) is 5.11. The maximum absolute atomic E-state index is 12.9. The standard InChI is InChI=1S/C12H17F3N4O2/c13-12(14,15)8-4-2-1-3-7(8)10(20)17-6-5-9-18-19-11(16)21-9/h7-8H,1-6H2,(H2,16,19)(H,17,20)/t7-,8-/m1/s1. The summed E-state index contributed by atoms with van der Waals surface area (Å²) in [6.07, 6.45) is -2.66. The van der Waals surface area contributed by atoms with Crippen LogP contribution in [0.15, 0.2) is 4.42 Å². The van der Waals surface area contributed by atoms with Gasteiger partial charge in [0.1, 0.15) is 0 Å². The molecule has 1 aliphatic rings. The minimum absolute atomic E-state index is 0.0157. The van der Waals surface area contributed by atoms with Gasteiger partial charge in [0.25, 0.3) is 0 Å². The van der Waals surface area contributed by atoms with Crippen molar-refractivity contribution >= 4 is 11.9 Å². The monoisotopic (exact) mass is 306 g/mol. The fourth-order valence-corrected chi connectivity index (χ4v) is 2.63. The molecule has 1 aromatic rings. The van der Waals surface area contributed by atoms with E-state index >= 15 is 0 Å². The predicted molar refractivity (Wildman–Crippen MR) is 66.9 cm³/mol. The molecule has 0 aliphatic heterocycles. The van der Waals surface area contributed by atoms with Gasteiger partial charge < -0.3 is 15.5 Å². The van der Waals surface area contributed by atoms with Gasteiger partial charge in [-0.1, -0.05) is 17.9 Å². The smallest absolute Gasteiger partial charge is 0.392 e. The number of carbonyl (C=O) groups excluding carboxylic acids is 1. The Bertz CT molecular complexity index is 489. The number of nitrogens with one attached hydrogen (secondary N) is 1.